The molecule has 4 rings (SSSR count). The zero-order valence-corrected chi connectivity index (χ0v) is 17.0. The normalized spacial score (nSPS) is 22.5. The van der Waals surface area contributed by atoms with Crippen LogP contribution in [-0.4, -0.2) is 65.6 Å². The Hall–Kier alpha value is -3.30. The van der Waals surface area contributed by atoms with Crippen molar-refractivity contribution in [2.24, 2.45) is 0 Å². The average molecular weight is 404 g/mol. The Bertz CT molecular complexity index is 1020. The topological polar surface area (TPSA) is 70.1 Å². The van der Waals surface area contributed by atoms with Crippen LogP contribution < -0.4 is 4.74 Å². The first-order valence-electron chi connectivity index (χ1n) is 9.95. The lowest BCUT2D eigenvalue weighted by molar-refractivity contribution is -0.166. The van der Waals surface area contributed by atoms with E-state index in [1.165, 1.54) is 6.92 Å². The fourth-order valence-corrected chi connectivity index (χ4v) is 4.37. The summed E-state index contributed by atoms with van der Waals surface area (Å²) in [5, 5.41) is 9.85. The van der Waals surface area contributed by atoms with Gasteiger partial charge >= 0.3 is 0 Å². The van der Waals surface area contributed by atoms with Crippen molar-refractivity contribution in [2.45, 2.75) is 24.9 Å². The van der Waals surface area contributed by atoms with E-state index in [-0.39, 0.29) is 43.0 Å². The van der Waals surface area contributed by atoms with Crippen molar-refractivity contribution in [2.75, 3.05) is 26.8 Å². The number of carbonyl (C=O) groups is 2. The van der Waals surface area contributed by atoms with Gasteiger partial charge in [-0.1, -0.05) is 30.0 Å². The van der Waals surface area contributed by atoms with E-state index < -0.39 is 0 Å². The Labute approximate surface area is 176 Å². The van der Waals surface area contributed by atoms with Crippen molar-refractivity contribution < 1.29 is 19.4 Å². The molecule has 0 aliphatic carbocycles. The number of fused-ring (bicyclic) bond motifs is 1. The van der Waals surface area contributed by atoms with Crippen LogP contribution in [0.4, 0.5) is 0 Å². The van der Waals surface area contributed by atoms with E-state index in [1.807, 2.05) is 48.5 Å². The minimum atomic E-state index is -0.245. The first-order chi connectivity index (χ1) is 14.5. The monoisotopic (exact) mass is 404 g/mol. The van der Waals surface area contributed by atoms with Crippen molar-refractivity contribution in [3.8, 4) is 17.6 Å². The number of benzene rings is 2. The minimum absolute atomic E-state index is 0.00138. The Balaban J connectivity index is 1.53. The highest BCUT2D eigenvalue weighted by atomic mass is 16.5. The summed E-state index contributed by atoms with van der Waals surface area (Å²) in [5.74, 6) is 6.86. The minimum Gasteiger partial charge on any atom is -0.497 e. The maximum absolute atomic E-state index is 12.4. The maximum Gasteiger partial charge on any atom is 0.242 e. The van der Waals surface area contributed by atoms with E-state index in [0.717, 1.165) is 22.4 Å². The van der Waals surface area contributed by atoms with Gasteiger partial charge in [-0.15, -0.1) is 0 Å². The second-order valence-corrected chi connectivity index (χ2v) is 7.65. The van der Waals surface area contributed by atoms with Crippen molar-refractivity contribution >= 4 is 11.8 Å². The quantitative estimate of drug-likeness (QED) is 0.790. The fourth-order valence-electron chi connectivity index (χ4n) is 4.37. The van der Waals surface area contributed by atoms with Gasteiger partial charge in [0.05, 0.1) is 32.3 Å². The van der Waals surface area contributed by atoms with Gasteiger partial charge in [0, 0.05) is 30.5 Å². The SMILES string of the molecule is COc1cccc(C#Cc2ccc([C@H]3[C@@H](CO)N4C(=O)CN(C(C)=O)C[C@@H]34)cc2)c1. The molecule has 3 atom stereocenters. The van der Waals surface area contributed by atoms with E-state index in [9.17, 15) is 14.7 Å². The third-order valence-electron chi connectivity index (χ3n) is 5.91. The summed E-state index contributed by atoms with van der Waals surface area (Å²) in [4.78, 5) is 27.5. The molecule has 2 saturated heterocycles. The van der Waals surface area contributed by atoms with Gasteiger partial charge in [-0.3, -0.25) is 9.59 Å². The van der Waals surface area contributed by atoms with Crippen LogP contribution in [0.25, 0.3) is 0 Å². The van der Waals surface area contributed by atoms with E-state index in [2.05, 4.69) is 11.8 Å². The van der Waals surface area contributed by atoms with Crippen LogP contribution in [0.15, 0.2) is 48.5 Å². The summed E-state index contributed by atoms with van der Waals surface area (Å²) in [6.07, 6.45) is 0. The standard InChI is InChI=1S/C24H24N2O4/c1-16(28)25-13-21-24(22(15-27)26(21)23(29)14-25)19-10-8-17(9-11-19)6-7-18-4-3-5-20(12-18)30-2/h3-5,8-12,21-22,24,27H,13-15H2,1-2H3/t21-,22+,24+/m0/s1. The molecule has 2 fully saturated rings. The number of aliphatic hydroxyl groups is 1. The number of ether oxygens (including phenoxy) is 1. The first-order valence-corrected chi connectivity index (χ1v) is 9.95. The van der Waals surface area contributed by atoms with Crippen LogP contribution in [0.2, 0.25) is 0 Å². The molecule has 0 saturated carbocycles. The smallest absolute Gasteiger partial charge is 0.242 e. The number of rotatable bonds is 3. The van der Waals surface area contributed by atoms with Crippen molar-refractivity contribution in [1.29, 1.82) is 0 Å². The lowest BCUT2D eigenvalue weighted by atomic mass is 9.73. The molecule has 1 N–H and O–H groups in total. The lowest BCUT2D eigenvalue weighted by Crippen LogP contribution is -2.73. The number of methoxy groups -OCH3 is 1. The molecule has 6 heteroatoms. The van der Waals surface area contributed by atoms with Crippen molar-refractivity contribution in [3.63, 3.8) is 0 Å². The van der Waals surface area contributed by atoms with E-state index in [1.54, 1.807) is 16.9 Å². The summed E-state index contributed by atoms with van der Waals surface area (Å²) in [6, 6.07) is 15.2. The molecule has 0 aromatic heterocycles. The number of amides is 2. The molecule has 2 aromatic rings. The van der Waals surface area contributed by atoms with Gasteiger partial charge in [0.1, 0.15) is 5.75 Å². The molecule has 0 unspecified atom stereocenters. The average Bonchev–Trinajstić information content (AvgIpc) is 2.74. The highest BCUT2D eigenvalue weighted by Crippen LogP contribution is 2.42. The number of hydrogen-bond donors (Lipinski definition) is 1. The van der Waals surface area contributed by atoms with Gasteiger partial charge in [0.25, 0.3) is 0 Å². The summed E-state index contributed by atoms with van der Waals surface area (Å²) in [7, 11) is 1.63. The predicted molar refractivity (Wildman–Crippen MR) is 112 cm³/mol. The van der Waals surface area contributed by atoms with Crippen LogP contribution in [-0.2, 0) is 9.59 Å². The third kappa shape index (κ3) is 3.64. The van der Waals surface area contributed by atoms with Gasteiger partial charge in [0.2, 0.25) is 11.8 Å². The van der Waals surface area contributed by atoms with Crippen LogP contribution in [0.5, 0.6) is 5.75 Å². The molecular weight excluding hydrogens is 380 g/mol. The number of carbonyl (C=O) groups excluding carboxylic acids is 2. The highest BCUT2D eigenvalue weighted by Gasteiger charge is 2.54. The Morgan fingerprint density at radius 2 is 1.90 bits per heavy atom. The summed E-state index contributed by atoms with van der Waals surface area (Å²) in [5.41, 5.74) is 2.79. The molecule has 2 aromatic carbocycles. The van der Waals surface area contributed by atoms with Gasteiger partial charge < -0.3 is 19.6 Å². The molecule has 2 amide bonds. The molecule has 2 aliphatic heterocycles. The first kappa shape index (κ1) is 20.0. The van der Waals surface area contributed by atoms with E-state index in [4.69, 9.17) is 4.74 Å². The Morgan fingerprint density at radius 3 is 2.57 bits per heavy atom. The summed E-state index contributed by atoms with van der Waals surface area (Å²) in [6.45, 7) is 1.98. The summed E-state index contributed by atoms with van der Waals surface area (Å²) < 4.78 is 5.22. The van der Waals surface area contributed by atoms with Gasteiger partial charge in [-0.05, 0) is 35.9 Å². The van der Waals surface area contributed by atoms with Crippen molar-refractivity contribution in [1.82, 2.24) is 9.80 Å². The van der Waals surface area contributed by atoms with Gasteiger partial charge in [0.15, 0.2) is 0 Å². The van der Waals surface area contributed by atoms with Crippen LogP contribution in [0.3, 0.4) is 0 Å². The molecular formula is C24H24N2O4. The van der Waals surface area contributed by atoms with Crippen molar-refractivity contribution in [3.05, 3.63) is 65.2 Å². The number of hydrogen-bond acceptors (Lipinski definition) is 4. The van der Waals surface area contributed by atoms with E-state index >= 15 is 0 Å². The molecule has 0 bridgehead atoms. The number of nitrogens with zero attached hydrogens (tertiary/aromatic N) is 2. The lowest BCUT2D eigenvalue weighted by Gasteiger charge is -2.58. The second-order valence-electron chi connectivity index (χ2n) is 7.65. The zero-order chi connectivity index (χ0) is 21.3. The maximum atomic E-state index is 12.4. The predicted octanol–water partition coefficient (Wildman–Crippen LogP) is 1.61. The molecule has 2 heterocycles. The second kappa shape index (κ2) is 8.21. The summed E-state index contributed by atoms with van der Waals surface area (Å²) >= 11 is 0. The fraction of sp³-hybridized carbons (Fsp3) is 0.333. The molecule has 2 aliphatic rings. The molecule has 0 radical (unpaired) electrons. The Morgan fingerprint density at radius 1 is 1.17 bits per heavy atom. The zero-order valence-electron chi connectivity index (χ0n) is 17.0. The van der Waals surface area contributed by atoms with Crippen LogP contribution in [0.1, 0.15) is 29.5 Å². The van der Waals surface area contributed by atoms with Gasteiger partial charge in [-0.25, -0.2) is 0 Å². The molecule has 6 nitrogen and oxygen atoms in total. The van der Waals surface area contributed by atoms with Gasteiger partial charge in [-0.2, -0.15) is 0 Å². The molecule has 0 spiro atoms. The number of piperazine rings is 1. The molecule has 154 valence electrons. The Kier molecular flexibility index (Phi) is 5.47. The largest absolute Gasteiger partial charge is 0.497 e. The third-order valence-corrected chi connectivity index (χ3v) is 5.91. The van der Waals surface area contributed by atoms with E-state index in [0.29, 0.717) is 6.54 Å². The van der Waals surface area contributed by atoms with Crippen LogP contribution in [0, 0.1) is 11.8 Å². The highest BCUT2D eigenvalue weighted by molar-refractivity contribution is 5.87. The van der Waals surface area contributed by atoms with Crippen LogP contribution >= 0.6 is 0 Å². The number of aliphatic hydroxyl groups excluding tert-OH is 1. The molecule has 30 heavy (non-hydrogen) atoms.